The highest BCUT2D eigenvalue weighted by Gasteiger charge is 2.16. The Morgan fingerprint density at radius 2 is 1.88 bits per heavy atom. The van der Waals surface area contributed by atoms with E-state index in [4.69, 9.17) is 16.3 Å². The van der Waals surface area contributed by atoms with E-state index in [1.165, 1.54) is 18.4 Å². The number of hydrogen-bond acceptors (Lipinski definition) is 3. The van der Waals surface area contributed by atoms with Gasteiger partial charge in [0.15, 0.2) is 6.10 Å². The van der Waals surface area contributed by atoms with Crippen molar-refractivity contribution in [2.75, 3.05) is 13.1 Å². The summed E-state index contributed by atoms with van der Waals surface area (Å²) in [5, 5.41) is 3.57. The van der Waals surface area contributed by atoms with Crippen molar-refractivity contribution in [1.82, 2.24) is 10.2 Å². The summed E-state index contributed by atoms with van der Waals surface area (Å²) >= 11 is 5.95. The molecular formula is C21H25ClN2O2. The van der Waals surface area contributed by atoms with Crippen LogP contribution in [-0.2, 0) is 17.9 Å². The average molecular weight is 373 g/mol. The van der Waals surface area contributed by atoms with Crippen LogP contribution in [-0.4, -0.2) is 30.0 Å². The number of benzene rings is 2. The maximum atomic E-state index is 12.4. The van der Waals surface area contributed by atoms with Crippen molar-refractivity contribution in [1.29, 1.82) is 0 Å². The molecule has 1 atom stereocenters. The van der Waals surface area contributed by atoms with E-state index in [2.05, 4.69) is 28.4 Å². The van der Waals surface area contributed by atoms with Gasteiger partial charge in [-0.2, -0.15) is 0 Å². The first-order valence-corrected chi connectivity index (χ1v) is 9.48. The number of carbonyl (C=O) groups is 1. The van der Waals surface area contributed by atoms with E-state index in [0.29, 0.717) is 17.3 Å². The van der Waals surface area contributed by atoms with E-state index in [0.717, 1.165) is 25.2 Å². The molecule has 4 nitrogen and oxygen atoms in total. The van der Waals surface area contributed by atoms with Crippen LogP contribution in [0.25, 0.3) is 0 Å². The van der Waals surface area contributed by atoms with Crippen LogP contribution in [0, 0.1) is 0 Å². The van der Waals surface area contributed by atoms with Gasteiger partial charge in [0.2, 0.25) is 0 Å². The van der Waals surface area contributed by atoms with Crippen molar-refractivity contribution in [2.24, 2.45) is 0 Å². The minimum Gasteiger partial charge on any atom is -0.481 e. The fraction of sp³-hybridized carbons (Fsp3) is 0.381. The van der Waals surface area contributed by atoms with Crippen LogP contribution in [0.1, 0.15) is 30.9 Å². The zero-order valence-corrected chi connectivity index (χ0v) is 15.8. The first-order valence-electron chi connectivity index (χ1n) is 9.11. The van der Waals surface area contributed by atoms with Crippen molar-refractivity contribution in [3.05, 3.63) is 64.7 Å². The lowest BCUT2D eigenvalue weighted by molar-refractivity contribution is -0.127. The van der Waals surface area contributed by atoms with Gasteiger partial charge in [-0.25, -0.2) is 0 Å². The molecule has 3 rings (SSSR count). The molecule has 1 amide bonds. The smallest absolute Gasteiger partial charge is 0.261 e. The summed E-state index contributed by atoms with van der Waals surface area (Å²) < 4.78 is 5.68. The summed E-state index contributed by atoms with van der Waals surface area (Å²) in [5.41, 5.74) is 2.43. The van der Waals surface area contributed by atoms with Crippen molar-refractivity contribution in [3.8, 4) is 5.75 Å². The van der Waals surface area contributed by atoms with Crippen LogP contribution in [0.3, 0.4) is 0 Å². The van der Waals surface area contributed by atoms with Gasteiger partial charge in [0, 0.05) is 18.1 Å². The van der Waals surface area contributed by atoms with Gasteiger partial charge in [-0.3, -0.25) is 9.69 Å². The van der Waals surface area contributed by atoms with E-state index in [9.17, 15) is 4.79 Å². The molecule has 1 saturated heterocycles. The first kappa shape index (κ1) is 18.7. The fourth-order valence-corrected chi connectivity index (χ4v) is 3.37. The van der Waals surface area contributed by atoms with E-state index >= 15 is 0 Å². The highest BCUT2D eigenvalue weighted by Crippen LogP contribution is 2.19. The number of nitrogens with one attached hydrogen (secondary N) is 1. The second-order valence-electron chi connectivity index (χ2n) is 6.69. The molecule has 1 aliphatic heterocycles. The number of rotatable bonds is 7. The summed E-state index contributed by atoms with van der Waals surface area (Å²) in [6.45, 7) is 5.51. The SMILES string of the molecule is CC(Oc1cccc(Cl)c1)C(=O)NCc1ccccc1CN1CCCC1. The lowest BCUT2D eigenvalue weighted by atomic mass is 10.1. The van der Waals surface area contributed by atoms with Crippen LogP contribution in [0.2, 0.25) is 5.02 Å². The Labute approximate surface area is 160 Å². The standard InChI is InChI=1S/C21H25ClN2O2/c1-16(26-20-10-6-9-19(22)13-20)21(25)23-14-17-7-2-3-8-18(17)15-24-11-4-5-12-24/h2-3,6-10,13,16H,4-5,11-12,14-15H2,1H3,(H,23,25). The number of amides is 1. The topological polar surface area (TPSA) is 41.6 Å². The predicted molar refractivity (Wildman–Crippen MR) is 104 cm³/mol. The Balaban J connectivity index is 1.55. The molecule has 0 aromatic heterocycles. The number of carbonyl (C=O) groups excluding carboxylic acids is 1. The molecular weight excluding hydrogens is 348 g/mol. The number of likely N-dealkylation sites (tertiary alicyclic amines) is 1. The first-order chi connectivity index (χ1) is 12.6. The molecule has 0 spiro atoms. The molecule has 1 fully saturated rings. The van der Waals surface area contributed by atoms with Gasteiger partial charge in [0.05, 0.1) is 0 Å². The number of hydrogen-bond donors (Lipinski definition) is 1. The third kappa shape index (κ3) is 5.23. The molecule has 1 unspecified atom stereocenters. The predicted octanol–water partition coefficient (Wildman–Crippen LogP) is 4.02. The number of nitrogens with zero attached hydrogens (tertiary/aromatic N) is 1. The zero-order chi connectivity index (χ0) is 18.4. The molecule has 1 heterocycles. The van der Waals surface area contributed by atoms with Crippen molar-refractivity contribution >= 4 is 17.5 Å². The van der Waals surface area contributed by atoms with Crippen molar-refractivity contribution in [3.63, 3.8) is 0 Å². The molecule has 0 radical (unpaired) electrons. The Morgan fingerprint density at radius 1 is 1.15 bits per heavy atom. The Kier molecular flexibility index (Phi) is 6.53. The average Bonchev–Trinajstić information content (AvgIpc) is 3.14. The van der Waals surface area contributed by atoms with Gasteiger partial charge in [0.25, 0.3) is 5.91 Å². The molecule has 2 aromatic carbocycles. The summed E-state index contributed by atoms with van der Waals surface area (Å²) in [6.07, 6.45) is 1.97. The Bertz CT molecular complexity index is 744. The summed E-state index contributed by atoms with van der Waals surface area (Å²) in [5.74, 6) is 0.454. The van der Waals surface area contributed by atoms with E-state index in [-0.39, 0.29) is 5.91 Å². The molecule has 0 bridgehead atoms. The molecule has 138 valence electrons. The van der Waals surface area contributed by atoms with Crippen molar-refractivity contribution < 1.29 is 9.53 Å². The quantitative estimate of drug-likeness (QED) is 0.798. The molecule has 5 heteroatoms. The third-order valence-electron chi connectivity index (χ3n) is 4.64. The van der Waals surface area contributed by atoms with Crippen LogP contribution in [0.15, 0.2) is 48.5 Å². The fourth-order valence-electron chi connectivity index (χ4n) is 3.19. The molecule has 26 heavy (non-hydrogen) atoms. The van der Waals surface area contributed by atoms with Gasteiger partial charge in [-0.15, -0.1) is 0 Å². The van der Waals surface area contributed by atoms with Crippen molar-refractivity contribution in [2.45, 2.75) is 39.0 Å². The van der Waals surface area contributed by atoms with Crippen LogP contribution in [0.4, 0.5) is 0 Å². The maximum Gasteiger partial charge on any atom is 0.261 e. The summed E-state index contributed by atoms with van der Waals surface area (Å²) in [7, 11) is 0. The largest absolute Gasteiger partial charge is 0.481 e. The lowest BCUT2D eigenvalue weighted by Gasteiger charge is -2.19. The maximum absolute atomic E-state index is 12.4. The van der Waals surface area contributed by atoms with Crippen LogP contribution < -0.4 is 10.1 Å². The highest BCUT2D eigenvalue weighted by atomic mass is 35.5. The minimum atomic E-state index is -0.584. The Morgan fingerprint density at radius 3 is 2.62 bits per heavy atom. The third-order valence-corrected chi connectivity index (χ3v) is 4.88. The van der Waals surface area contributed by atoms with Crippen LogP contribution >= 0.6 is 11.6 Å². The second kappa shape index (κ2) is 9.06. The van der Waals surface area contributed by atoms with Gasteiger partial charge < -0.3 is 10.1 Å². The normalized spacial score (nSPS) is 15.6. The molecule has 0 saturated carbocycles. The van der Waals surface area contributed by atoms with E-state index in [1.54, 1.807) is 31.2 Å². The molecule has 2 aromatic rings. The van der Waals surface area contributed by atoms with Gasteiger partial charge in [-0.05, 0) is 62.2 Å². The number of halogens is 1. The summed E-state index contributed by atoms with van der Waals surface area (Å²) in [4.78, 5) is 14.8. The van der Waals surface area contributed by atoms with Gasteiger partial charge in [0.1, 0.15) is 5.75 Å². The molecule has 0 aliphatic carbocycles. The van der Waals surface area contributed by atoms with Gasteiger partial charge in [-0.1, -0.05) is 41.9 Å². The van der Waals surface area contributed by atoms with Gasteiger partial charge >= 0.3 is 0 Å². The minimum absolute atomic E-state index is 0.138. The van der Waals surface area contributed by atoms with E-state index < -0.39 is 6.10 Å². The highest BCUT2D eigenvalue weighted by molar-refractivity contribution is 6.30. The van der Waals surface area contributed by atoms with E-state index in [1.807, 2.05) is 6.07 Å². The molecule has 1 aliphatic rings. The zero-order valence-electron chi connectivity index (χ0n) is 15.1. The second-order valence-corrected chi connectivity index (χ2v) is 7.12. The monoisotopic (exact) mass is 372 g/mol. The molecule has 1 N–H and O–H groups in total. The van der Waals surface area contributed by atoms with Crippen LogP contribution in [0.5, 0.6) is 5.75 Å². The number of ether oxygens (including phenoxy) is 1. The summed E-state index contributed by atoms with van der Waals surface area (Å²) in [6, 6.07) is 15.4. The Hall–Kier alpha value is -2.04. The lowest BCUT2D eigenvalue weighted by Crippen LogP contribution is -2.36.